The Morgan fingerprint density at radius 1 is 1.23 bits per heavy atom. The van der Waals surface area contributed by atoms with E-state index in [2.05, 4.69) is 35.9 Å². The van der Waals surface area contributed by atoms with Gasteiger partial charge in [-0.2, -0.15) is 5.26 Å². The number of amides is 2. The Bertz CT molecular complexity index is 737. The number of carbonyl (C=O) groups excluding carboxylic acids is 2. The average Bonchev–Trinajstić information content (AvgIpc) is 2.97. The lowest BCUT2D eigenvalue weighted by atomic mass is 9.85. The molecule has 0 radical (unpaired) electrons. The maximum atomic E-state index is 13.7. The van der Waals surface area contributed by atoms with E-state index in [0.717, 1.165) is 0 Å². The summed E-state index contributed by atoms with van der Waals surface area (Å²) in [6.45, 7) is 16.6. The van der Waals surface area contributed by atoms with Crippen LogP contribution in [0.4, 0.5) is 0 Å². The fraction of sp³-hybridized carbons (Fsp3) is 0.818. The van der Waals surface area contributed by atoms with Gasteiger partial charge >= 0.3 is 0 Å². The van der Waals surface area contributed by atoms with Gasteiger partial charge in [-0.15, -0.1) is 0 Å². The molecule has 2 aliphatic rings. The van der Waals surface area contributed by atoms with Crippen molar-refractivity contribution in [2.24, 2.45) is 22.7 Å². The van der Waals surface area contributed by atoms with Gasteiger partial charge < -0.3 is 20.9 Å². The highest BCUT2D eigenvalue weighted by Crippen LogP contribution is 2.65. The van der Waals surface area contributed by atoms with Crippen LogP contribution < -0.4 is 16.0 Å². The van der Waals surface area contributed by atoms with Crippen LogP contribution in [0.25, 0.3) is 0 Å². The van der Waals surface area contributed by atoms with Crippen LogP contribution in [0.5, 0.6) is 0 Å². The molecule has 0 spiro atoms. The van der Waals surface area contributed by atoms with Gasteiger partial charge in [-0.05, 0) is 55.2 Å². The van der Waals surface area contributed by atoms with Crippen molar-refractivity contribution in [2.45, 2.75) is 86.0 Å². The molecule has 0 bridgehead atoms. The van der Waals surface area contributed by atoms with Crippen molar-refractivity contribution in [3.05, 3.63) is 0 Å². The molecule has 0 aromatic heterocycles. The Morgan fingerprint density at radius 2 is 1.83 bits per heavy atom. The normalized spacial score (nSPS) is 26.3. The molecule has 2 rings (SSSR count). The van der Waals surface area contributed by atoms with Crippen molar-refractivity contribution in [3.8, 4) is 6.07 Å². The lowest BCUT2D eigenvalue weighted by molar-refractivity contribution is -0.143. The largest absolute Gasteiger partial charge is 0.361 e. The van der Waals surface area contributed by atoms with Crippen LogP contribution in [0, 0.1) is 34.0 Å². The van der Waals surface area contributed by atoms with Crippen molar-refractivity contribution in [1.29, 1.82) is 5.26 Å². The predicted molar refractivity (Wildman–Crippen MR) is 121 cm³/mol. The van der Waals surface area contributed by atoms with Crippen LogP contribution >= 0.6 is 12.2 Å². The maximum absolute atomic E-state index is 13.7. The standard InChI is InChI=1S/C22H37N5O2S/c1-9-13(10-23)25-18(28)16-15-14(22(15,7)8)11-27(16)19(29)17(21(4,5)6)26-20(30)24-12(2)3/h12-17H,9,11H2,1-8H3,(H,25,28)(H2,24,26,30)/t13-,14-,15-,16-,17+/m0/s1. The molecule has 2 amide bonds. The Kier molecular flexibility index (Phi) is 7.07. The molecular weight excluding hydrogens is 398 g/mol. The number of carbonyl (C=O) groups is 2. The first-order valence-corrected chi connectivity index (χ1v) is 11.2. The molecule has 0 unspecified atom stereocenters. The molecule has 1 aliphatic heterocycles. The van der Waals surface area contributed by atoms with Gasteiger partial charge in [0.15, 0.2) is 5.11 Å². The number of thiocarbonyl (C=S) groups is 1. The molecule has 0 aromatic rings. The van der Waals surface area contributed by atoms with E-state index in [0.29, 0.717) is 24.0 Å². The molecule has 5 atom stereocenters. The minimum absolute atomic E-state index is 0.0201. The van der Waals surface area contributed by atoms with Gasteiger partial charge in [-0.25, -0.2) is 0 Å². The molecule has 1 heterocycles. The van der Waals surface area contributed by atoms with Crippen molar-refractivity contribution >= 4 is 29.1 Å². The highest BCUT2D eigenvalue weighted by atomic mass is 32.1. The number of piperidine rings is 1. The van der Waals surface area contributed by atoms with Gasteiger partial charge in [0, 0.05) is 12.6 Å². The van der Waals surface area contributed by atoms with E-state index in [9.17, 15) is 14.9 Å². The molecule has 7 nitrogen and oxygen atoms in total. The molecule has 1 aliphatic carbocycles. The third kappa shape index (κ3) is 4.88. The molecule has 8 heteroatoms. The van der Waals surface area contributed by atoms with E-state index in [1.165, 1.54) is 0 Å². The maximum Gasteiger partial charge on any atom is 0.246 e. The Morgan fingerprint density at radius 3 is 2.30 bits per heavy atom. The molecule has 168 valence electrons. The van der Waals surface area contributed by atoms with Crippen LogP contribution in [0.3, 0.4) is 0 Å². The van der Waals surface area contributed by atoms with Crippen molar-refractivity contribution < 1.29 is 9.59 Å². The summed E-state index contributed by atoms with van der Waals surface area (Å²) in [5.74, 6) is 0.0497. The number of fused-ring (bicyclic) bond motifs is 1. The summed E-state index contributed by atoms with van der Waals surface area (Å²) in [5, 5.41) is 18.8. The Hall–Kier alpha value is -1.88. The Labute approximate surface area is 186 Å². The van der Waals surface area contributed by atoms with Crippen LogP contribution in [-0.4, -0.2) is 52.5 Å². The minimum Gasteiger partial charge on any atom is -0.361 e. The van der Waals surface area contributed by atoms with Gasteiger partial charge in [-0.3, -0.25) is 9.59 Å². The SMILES string of the molecule is CC[C@@H](C#N)NC(=O)[C@@H]1[C@@H]2[C@H](CN1C(=O)[C@@H](NC(=S)NC(C)C)C(C)(C)C)C2(C)C. The molecule has 0 aromatic carbocycles. The number of nitrogens with zero attached hydrogens (tertiary/aromatic N) is 2. The van der Waals surface area contributed by atoms with Crippen LogP contribution in [0.15, 0.2) is 0 Å². The number of nitriles is 1. The first-order valence-electron chi connectivity index (χ1n) is 10.8. The lowest BCUT2D eigenvalue weighted by Gasteiger charge is -2.38. The van der Waals surface area contributed by atoms with E-state index >= 15 is 0 Å². The van der Waals surface area contributed by atoms with Crippen LogP contribution in [0.1, 0.15) is 61.8 Å². The summed E-state index contributed by atoms with van der Waals surface area (Å²) in [6, 6.07) is 0.598. The molecule has 3 N–H and O–H groups in total. The van der Waals surface area contributed by atoms with E-state index in [4.69, 9.17) is 12.2 Å². The van der Waals surface area contributed by atoms with Gasteiger partial charge in [0.1, 0.15) is 18.1 Å². The summed E-state index contributed by atoms with van der Waals surface area (Å²) in [4.78, 5) is 28.5. The first-order chi connectivity index (χ1) is 13.7. The second kappa shape index (κ2) is 8.70. The zero-order valence-corrected chi connectivity index (χ0v) is 20.3. The quantitative estimate of drug-likeness (QED) is 0.553. The van der Waals surface area contributed by atoms with Gasteiger partial charge in [0.05, 0.1) is 6.07 Å². The number of hydrogen-bond donors (Lipinski definition) is 3. The lowest BCUT2D eigenvalue weighted by Crippen LogP contribution is -2.61. The van der Waals surface area contributed by atoms with Crippen molar-refractivity contribution in [3.63, 3.8) is 0 Å². The van der Waals surface area contributed by atoms with Gasteiger partial charge in [0.25, 0.3) is 0 Å². The molecule has 30 heavy (non-hydrogen) atoms. The van der Waals surface area contributed by atoms with Gasteiger partial charge in [-0.1, -0.05) is 41.5 Å². The number of nitrogens with one attached hydrogen (secondary N) is 3. The van der Waals surface area contributed by atoms with Crippen LogP contribution in [-0.2, 0) is 9.59 Å². The predicted octanol–water partition coefficient (Wildman–Crippen LogP) is 2.17. The monoisotopic (exact) mass is 435 g/mol. The number of likely N-dealkylation sites (tertiary alicyclic amines) is 1. The van der Waals surface area contributed by atoms with Gasteiger partial charge in [0.2, 0.25) is 11.8 Å². The Balaban J connectivity index is 2.27. The third-order valence-electron chi connectivity index (χ3n) is 6.45. The van der Waals surface area contributed by atoms with E-state index in [1.54, 1.807) is 4.90 Å². The molecular formula is C22H37N5O2S. The van der Waals surface area contributed by atoms with E-state index < -0.39 is 23.5 Å². The highest BCUT2D eigenvalue weighted by Gasteiger charge is 2.69. The van der Waals surface area contributed by atoms with E-state index in [1.807, 2.05) is 41.5 Å². The smallest absolute Gasteiger partial charge is 0.246 e. The molecule has 1 saturated heterocycles. The minimum atomic E-state index is -0.565. The summed E-state index contributed by atoms with van der Waals surface area (Å²) in [6.07, 6.45) is 0.529. The summed E-state index contributed by atoms with van der Waals surface area (Å²) < 4.78 is 0. The number of rotatable bonds is 6. The summed E-state index contributed by atoms with van der Waals surface area (Å²) in [7, 11) is 0. The fourth-order valence-corrected chi connectivity index (χ4v) is 4.90. The van der Waals surface area contributed by atoms with Crippen molar-refractivity contribution in [1.82, 2.24) is 20.9 Å². The van der Waals surface area contributed by atoms with Crippen LogP contribution in [0.2, 0.25) is 0 Å². The average molecular weight is 436 g/mol. The number of hydrogen-bond acceptors (Lipinski definition) is 4. The van der Waals surface area contributed by atoms with Crippen molar-refractivity contribution in [2.75, 3.05) is 6.54 Å². The van der Waals surface area contributed by atoms with E-state index in [-0.39, 0.29) is 29.2 Å². The molecule has 1 saturated carbocycles. The topological polar surface area (TPSA) is 97.3 Å². The summed E-state index contributed by atoms with van der Waals surface area (Å²) in [5.41, 5.74) is -0.381. The second-order valence-electron chi connectivity index (χ2n) is 10.6. The molecule has 2 fully saturated rings. The first kappa shape index (κ1) is 24.4. The zero-order chi connectivity index (χ0) is 23.0. The summed E-state index contributed by atoms with van der Waals surface area (Å²) >= 11 is 5.40. The second-order valence-corrected chi connectivity index (χ2v) is 11.0. The zero-order valence-electron chi connectivity index (χ0n) is 19.5. The fourth-order valence-electron chi connectivity index (χ4n) is 4.55. The highest BCUT2D eigenvalue weighted by molar-refractivity contribution is 7.80. The third-order valence-corrected chi connectivity index (χ3v) is 6.68.